The van der Waals surface area contributed by atoms with Gasteiger partial charge in [0.25, 0.3) is 0 Å². The fraction of sp³-hybridized carbons (Fsp3) is 0.273. The second-order valence-corrected chi connectivity index (χ2v) is 3.00. The summed E-state index contributed by atoms with van der Waals surface area (Å²) in [6, 6.07) is 4.07. The number of benzene rings is 1. The molecule has 4 nitrogen and oxygen atoms in total. The molecule has 0 heterocycles. The van der Waals surface area contributed by atoms with Crippen molar-refractivity contribution in [2.24, 2.45) is 0 Å². The van der Waals surface area contributed by atoms with Crippen LogP contribution in [-0.4, -0.2) is 24.0 Å². The van der Waals surface area contributed by atoms with Gasteiger partial charge < -0.3 is 9.84 Å². The maximum Gasteiger partial charge on any atom is 0.337 e. The minimum atomic E-state index is -0.528. The highest BCUT2D eigenvalue weighted by Gasteiger charge is 2.13. The Labute approximate surface area is 87.5 Å². The molecular formula is C11H12O4. The van der Waals surface area contributed by atoms with E-state index in [1.165, 1.54) is 25.3 Å². The van der Waals surface area contributed by atoms with Crippen molar-refractivity contribution >= 4 is 11.8 Å². The molecule has 1 aromatic rings. The number of Topliss-reactive ketones (excluding diaryl/α,β-unsaturated/α-hetero) is 1. The molecule has 0 radical (unpaired) electrons. The Bertz CT molecular complexity index is 396. The lowest BCUT2D eigenvalue weighted by Crippen LogP contribution is -2.04. The lowest BCUT2D eigenvalue weighted by molar-refractivity contribution is 0.0600. The molecule has 0 saturated carbocycles. The summed E-state index contributed by atoms with van der Waals surface area (Å²) in [5.74, 6) is -0.854. The van der Waals surface area contributed by atoms with Crippen molar-refractivity contribution in [3.63, 3.8) is 0 Å². The van der Waals surface area contributed by atoms with Crippen LogP contribution in [-0.2, 0) is 4.74 Å². The molecule has 0 unspecified atom stereocenters. The molecule has 0 fully saturated rings. The van der Waals surface area contributed by atoms with Gasteiger partial charge in [-0.2, -0.15) is 0 Å². The second-order valence-electron chi connectivity index (χ2n) is 3.00. The number of phenolic OH excluding ortho intramolecular Hbond substituents is 1. The Hall–Kier alpha value is -1.84. The highest BCUT2D eigenvalue weighted by molar-refractivity contribution is 6.01. The smallest absolute Gasteiger partial charge is 0.337 e. The molecule has 15 heavy (non-hydrogen) atoms. The van der Waals surface area contributed by atoms with Crippen molar-refractivity contribution in [2.75, 3.05) is 7.11 Å². The minimum Gasteiger partial charge on any atom is -0.507 e. The van der Waals surface area contributed by atoms with Gasteiger partial charge in [-0.15, -0.1) is 0 Å². The lowest BCUT2D eigenvalue weighted by atomic mass is 10.0. The number of carbonyl (C=O) groups is 2. The number of methoxy groups -OCH3 is 1. The van der Waals surface area contributed by atoms with Crippen LogP contribution in [0.2, 0.25) is 0 Å². The molecule has 1 rings (SSSR count). The topological polar surface area (TPSA) is 63.6 Å². The van der Waals surface area contributed by atoms with E-state index < -0.39 is 5.97 Å². The van der Waals surface area contributed by atoms with Crippen LogP contribution in [0.15, 0.2) is 18.2 Å². The van der Waals surface area contributed by atoms with Crippen LogP contribution in [0.25, 0.3) is 0 Å². The molecule has 1 aromatic carbocycles. The number of carbonyl (C=O) groups excluding carboxylic acids is 2. The number of hydrogen-bond donors (Lipinski definition) is 1. The number of ether oxygens (including phenoxy) is 1. The molecule has 0 aliphatic rings. The summed E-state index contributed by atoms with van der Waals surface area (Å²) in [4.78, 5) is 22.6. The van der Waals surface area contributed by atoms with Crippen molar-refractivity contribution in [3.05, 3.63) is 29.3 Å². The summed E-state index contributed by atoms with van der Waals surface area (Å²) in [5, 5.41) is 9.42. The largest absolute Gasteiger partial charge is 0.507 e. The van der Waals surface area contributed by atoms with E-state index in [4.69, 9.17) is 0 Å². The molecule has 0 aliphatic heterocycles. The Morgan fingerprint density at radius 2 is 2.07 bits per heavy atom. The maximum absolute atomic E-state index is 11.4. The van der Waals surface area contributed by atoms with E-state index in [1.807, 2.05) is 0 Å². The van der Waals surface area contributed by atoms with Gasteiger partial charge in [0.1, 0.15) is 5.75 Å². The first-order chi connectivity index (χ1) is 7.10. The summed E-state index contributed by atoms with van der Waals surface area (Å²) in [7, 11) is 1.26. The van der Waals surface area contributed by atoms with Crippen molar-refractivity contribution in [1.82, 2.24) is 0 Å². The number of esters is 1. The zero-order valence-corrected chi connectivity index (χ0v) is 8.61. The van der Waals surface area contributed by atoms with E-state index in [2.05, 4.69) is 4.74 Å². The monoisotopic (exact) mass is 208 g/mol. The first-order valence-electron chi connectivity index (χ1n) is 4.54. The van der Waals surface area contributed by atoms with Crippen LogP contribution in [0.3, 0.4) is 0 Å². The molecule has 0 aromatic heterocycles. The van der Waals surface area contributed by atoms with Crippen LogP contribution in [0.1, 0.15) is 34.1 Å². The number of hydrogen-bond acceptors (Lipinski definition) is 4. The number of aromatic hydroxyl groups is 1. The SMILES string of the molecule is CCC(=O)c1cc(C(=O)OC)ccc1O. The third kappa shape index (κ3) is 2.34. The highest BCUT2D eigenvalue weighted by atomic mass is 16.5. The average Bonchev–Trinajstić information content (AvgIpc) is 2.27. The van der Waals surface area contributed by atoms with E-state index in [9.17, 15) is 14.7 Å². The van der Waals surface area contributed by atoms with Crippen molar-refractivity contribution in [2.45, 2.75) is 13.3 Å². The summed E-state index contributed by atoms with van der Waals surface area (Å²) in [6.07, 6.45) is 0.276. The maximum atomic E-state index is 11.4. The summed E-state index contributed by atoms with van der Waals surface area (Å²) in [6.45, 7) is 1.69. The Balaban J connectivity index is 3.16. The molecule has 0 spiro atoms. The third-order valence-corrected chi connectivity index (χ3v) is 2.04. The number of ketones is 1. The van der Waals surface area contributed by atoms with Crippen molar-refractivity contribution in [1.29, 1.82) is 0 Å². The van der Waals surface area contributed by atoms with Gasteiger partial charge >= 0.3 is 5.97 Å². The summed E-state index contributed by atoms with van der Waals surface area (Å²) < 4.78 is 4.51. The fourth-order valence-electron chi connectivity index (χ4n) is 1.19. The fourth-order valence-corrected chi connectivity index (χ4v) is 1.19. The van der Waals surface area contributed by atoms with Crippen LogP contribution in [0, 0.1) is 0 Å². The van der Waals surface area contributed by atoms with Crippen molar-refractivity contribution < 1.29 is 19.4 Å². The van der Waals surface area contributed by atoms with Gasteiger partial charge in [-0.3, -0.25) is 4.79 Å². The van der Waals surface area contributed by atoms with Crippen molar-refractivity contribution in [3.8, 4) is 5.75 Å². The minimum absolute atomic E-state index is 0.116. The molecule has 0 amide bonds. The summed E-state index contributed by atoms with van der Waals surface area (Å²) >= 11 is 0. The molecule has 0 aliphatic carbocycles. The molecule has 1 N–H and O–H groups in total. The van der Waals surface area contributed by atoms with Gasteiger partial charge in [0, 0.05) is 6.42 Å². The van der Waals surface area contributed by atoms with E-state index in [1.54, 1.807) is 6.92 Å². The molecule has 80 valence electrons. The lowest BCUT2D eigenvalue weighted by Gasteiger charge is -2.04. The zero-order chi connectivity index (χ0) is 11.4. The van der Waals surface area contributed by atoms with Crippen LogP contribution < -0.4 is 0 Å². The Morgan fingerprint density at radius 1 is 1.40 bits per heavy atom. The summed E-state index contributed by atoms with van der Waals surface area (Å²) in [5.41, 5.74) is 0.410. The predicted octanol–water partition coefficient (Wildman–Crippen LogP) is 1.77. The van der Waals surface area contributed by atoms with Gasteiger partial charge in [-0.25, -0.2) is 4.79 Å². The molecule has 0 atom stereocenters. The molecule has 4 heteroatoms. The van der Waals surface area contributed by atoms with Crippen LogP contribution in [0.5, 0.6) is 5.75 Å². The quantitative estimate of drug-likeness (QED) is 0.607. The van der Waals surface area contributed by atoms with Crippen LogP contribution in [0.4, 0.5) is 0 Å². The average molecular weight is 208 g/mol. The van der Waals surface area contributed by atoms with E-state index >= 15 is 0 Å². The Morgan fingerprint density at radius 3 is 2.60 bits per heavy atom. The first kappa shape index (κ1) is 11.2. The third-order valence-electron chi connectivity index (χ3n) is 2.04. The molecular weight excluding hydrogens is 196 g/mol. The van der Waals surface area contributed by atoms with Gasteiger partial charge in [0.05, 0.1) is 18.2 Å². The zero-order valence-electron chi connectivity index (χ0n) is 8.61. The second kappa shape index (κ2) is 4.59. The van der Waals surface area contributed by atoms with E-state index in [0.29, 0.717) is 0 Å². The van der Waals surface area contributed by atoms with E-state index in [-0.39, 0.29) is 29.1 Å². The first-order valence-corrected chi connectivity index (χ1v) is 4.54. The standard InChI is InChI=1S/C11H12O4/c1-3-9(12)8-6-7(11(14)15-2)4-5-10(8)13/h4-6,13H,3H2,1-2H3. The van der Waals surface area contributed by atoms with Gasteiger partial charge in [-0.1, -0.05) is 6.92 Å². The van der Waals surface area contributed by atoms with Gasteiger partial charge in [0.2, 0.25) is 0 Å². The normalized spacial score (nSPS) is 9.73. The molecule has 0 saturated heterocycles. The van der Waals surface area contributed by atoms with Gasteiger partial charge in [0.15, 0.2) is 5.78 Å². The van der Waals surface area contributed by atoms with Gasteiger partial charge in [-0.05, 0) is 18.2 Å². The molecule has 0 bridgehead atoms. The number of phenols is 1. The highest BCUT2D eigenvalue weighted by Crippen LogP contribution is 2.20. The van der Waals surface area contributed by atoms with E-state index in [0.717, 1.165) is 0 Å². The Kier molecular flexibility index (Phi) is 3.44. The van der Waals surface area contributed by atoms with Crippen LogP contribution >= 0.6 is 0 Å². The predicted molar refractivity (Wildman–Crippen MR) is 54.1 cm³/mol. The number of rotatable bonds is 3.